The summed E-state index contributed by atoms with van der Waals surface area (Å²) in [6.45, 7) is 6.16. The van der Waals surface area contributed by atoms with Gasteiger partial charge in [0.15, 0.2) is 0 Å². The molecule has 0 aromatic heterocycles. The molecular weight excluding hydrogens is 472 g/mol. The van der Waals surface area contributed by atoms with Crippen molar-refractivity contribution in [2.75, 3.05) is 43.4 Å². The van der Waals surface area contributed by atoms with Gasteiger partial charge in [0.2, 0.25) is 20.0 Å². The van der Waals surface area contributed by atoms with Crippen molar-refractivity contribution in [2.45, 2.75) is 32.9 Å². The van der Waals surface area contributed by atoms with Crippen LogP contribution in [0.25, 0.3) is 0 Å². The van der Waals surface area contributed by atoms with Gasteiger partial charge < -0.3 is 19.9 Å². The van der Waals surface area contributed by atoms with Crippen molar-refractivity contribution in [3.05, 3.63) is 23.8 Å². The quantitative estimate of drug-likeness (QED) is 0.609. The summed E-state index contributed by atoms with van der Waals surface area (Å²) in [6, 6.07) is 3.54. The summed E-state index contributed by atoms with van der Waals surface area (Å²) in [6.07, 6.45) is 1.06. The average molecular weight is 505 g/mol. The SMILES string of the molecule is CC(C)NC(=O)N(C)C[C@@H]1Oc2ccc(N(S(C)(=O)=O)S(C)(=O)=O)cc2C(=O)N(C)C[C@@H]1C. The highest BCUT2D eigenvalue weighted by molar-refractivity contribution is 8.09. The third-order valence-electron chi connectivity index (χ3n) is 5.04. The maximum absolute atomic E-state index is 13.0. The lowest BCUT2D eigenvalue weighted by Gasteiger charge is -2.35. The number of rotatable bonds is 6. The normalized spacial score (nSPS) is 19.3. The zero-order valence-electron chi connectivity index (χ0n) is 19.9. The molecule has 0 fully saturated rings. The Morgan fingerprint density at radius 2 is 1.79 bits per heavy atom. The van der Waals surface area contributed by atoms with E-state index in [0.29, 0.717) is 6.54 Å². The maximum Gasteiger partial charge on any atom is 0.317 e. The largest absolute Gasteiger partial charge is 0.487 e. The summed E-state index contributed by atoms with van der Waals surface area (Å²) in [5.74, 6) is -0.401. The monoisotopic (exact) mass is 504 g/mol. The molecule has 1 aromatic carbocycles. The zero-order chi connectivity index (χ0) is 25.3. The Morgan fingerprint density at radius 3 is 2.30 bits per heavy atom. The molecule has 1 heterocycles. The molecule has 0 saturated carbocycles. The number of hydrogen-bond acceptors (Lipinski definition) is 7. The van der Waals surface area contributed by atoms with E-state index in [-0.39, 0.29) is 45.2 Å². The number of nitrogens with one attached hydrogen (secondary N) is 1. The molecule has 0 unspecified atom stereocenters. The summed E-state index contributed by atoms with van der Waals surface area (Å²) < 4.78 is 55.0. The Hall–Kier alpha value is -2.54. The van der Waals surface area contributed by atoms with Crippen molar-refractivity contribution >= 4 is 37.7 Å². The van der Waals surface area contributed by atoms with E-state index in [1.165, 1.54) is 28.0 Å². The fourth-order valence-electron chi connectivity index (χ4n) is 3.57. The van der Waals surface area contributed by atoms with Gasteiger partial charge in [-0.25, -0.2) is 21.6 Å². The number of carbonyl (C=O) groups excluding carboxylic acids is 2. The number of urea groups is 1. The molecule has 2 atom stereocenters. The van der Waals surface area contributed by atoms with Crippen LogP contribution in [0.2, 0.25) is 0 Å². The van der Waals surface area contributed by atoms with Crippen LogP contribution in [0.4, 0.5) is 10.5 Å². The zero-order valence-corrected chi connectivity index (χ0v) is 21.5. The van der Waals surface area contributed by atoms with Gasteiger partial charge in [0.05, 0.1) is 30.3 Å². The predicted octanol–water partition coefficient (Wildman–Crippen LogP) is 0.931. The van der Waals surface area contributed by atoms with Crippen molar-refractivity contribution in [3.63, 3.8) is 0 Å². The molecule has 13 heteroatoms. The van der Waals surface area contributed by atoms with Gasteiger partial charge in [0.1, 0.15) is 11.9 Å². The predicted molar refractivity (Wildman–Crippen MR) is 125 cm³/mol. The highest BCUT2D eigenvalue weighted by atomic mass is 32.3. The average Bonchev–Trinajstić information content (AvgIpc) is 2.64. The van der Waals surface area contributed by atoms with Crippen LogP contribution in [0.5, 0.6) is 5.75 Å². The summed E-state index contributed by atoms with van der Waals surface area (Å²) in [5, 5.41) is 2.81. The number of hydrogen-bond donors (Lipinski definition) is 1. The first-order chi connectivity index (χ1) is 15.0. The third kappa shape index (κ3) is 6.50. The number of amides is 3. The van der Waals surface area contributed by atoms with E-state index in [0.717, 1.165) is 12.5 Å². The molecule has 33 heavy (non-hydrogen) atoms. The number of benzene rings is 1. The van der Waals surface area contributed by atoms with Crippen LogP contribution in [-0.4, -0.2) is 90.4 Å². The second-order valence-electron chi connectivity index (χ2n) is 8.71. The molecule has 0 spiro atoms. The molecule has 0 aliphatic carbocycles. The van der Waals surface area contributed by atoms with Crippen LogP contribution >= 0.6 is 0 Å². The second kappa shape index (κ2) is 9.75. The molecule has 0 radical (unpaired) electrons. The summed E-state index contributed by atoms with van der Waals surface area (Å²) >= 11 is 0. The van der Waals surface area contributed by atoms with E-state index in [2.05, 4.69) is 5.32 Å². The number of ether oxygens (including phenoxy) is 1. The number of likely N-dealkylation sites (N-methyl/N-ethyl adjacent to an activating group) is 1. The van der Waals surface area contributed by atoms with Crippen LogP contribution in [0.15, 0.2) is 18.2 Å². The lowest BCUT2D eigenvalue weighted by Crippen LogP contribution is -2.49. The molecule has 1 aliphatic heterocycles. The number of carbonyl (C=O) groups is 2. The minimum atomic E-state index is -4.18. The highest BCUT2D eigenvalue weighted by Crippen LogP contribution is 2.32. The Kier molecular flexibility index (Phi) is 7.90. The molecule has 1 aliphatic rings. The molecule has 2 rings (SSSR count). The first kappa shape index (κ1) is 26.7. The minimum absolute atomic E-state index is 0.0264. The summed E-state index contributed by atoms with van der Waals surface area (Å²) in [7, 11) is -5.12. The molecule has 1 aromatic rings. The fourth-order valence-corrected chi connectivity index (χ4v) is 6.54. The van der Waals surface area contributed by atoms with Crippen LogP contribution in [0.1, 0.15) is 31.1 Å². The van der Waals surface area contributed by atoms with E-state index >= 15 is 0 Å². The van der Waals surface area contributed by atoms with Gasteiger partial charge in [0.25, 0.3) is 5.91 Å². The number of fused-ring (bicyclic) bond motifs is 1. The van der Waals surface area contributed by atoms with Gasteiger partial charge in [-0.05, 0) is 32.0 Å². The Bertz CT molecular complexity index is 1090. The topological polar surface area (TPSA) is 133 Å². The fraction of sp³-hybridized carbons (Fsp3) is 0.600. The Morgan fingerprint density at radius 1 is 1.21 bits per heavy atom. The molecule has 1 N–H and O–H groups in total. The summed E-state index contributed by atoms with van der Waals surface area (Å²) in [5.41, 5.74) is -0.166. The van der Waals surface area contributed by atoms with Crippen LogP contribution < -0.4 is 13.8 Å². The van der Waals surface area contributed by atoms with Crippen LogP contribution in [-0.2, 0) is 20.0 Å². The highest BCUT2D eigenvalue weighted by Gasteiger charge is 2.33. The molecular formula is C20H32N4O7S2. The van der Waals surface area contributed by atoms with E-state index in [4.69, 9.17) is 4.74 Å². The molecule has 3 amide bonds. The summed E-state index contributed by atoms with van der Waals surface area (Å²) in [4.78, 5) is 28.3. The van der Waals surface area contributed by atoms with Crippen molar-refractivity contribution < 1.29 is 31.2 Å². The van der Waals surface area contributed by atoms with Gasteiger partial charge >= 0.3 is 6.03 Å². The van der Waals surface area contributed by atoms with Gasteiger partial charge in [0, 0.05) is 32.6 Å². The number of sulfonamides is 2. The Balaban J connectivity index is 2.49. The van der Waals surface area contributed by atoms with E-state index in [9.17, 15) is 26.4 Å². The number of nitrogens with zero attached hydrogens (tertiary/aromatic N) is 3. The van der Waals surface area contributed by atoms with Gasteiger partial charge in [-0.3, -0.25) is 4.79 Å². The van der Waals surface area contributed by atoms with E-state index in [1.54, 1.807) is 14.1 Å². The molecule has 0 bridgehead atoms. The maximum atomic E-state index is 13.0. The molecule has 0 saturated heterocycles. The van der Waals surface area contributed by atoms with Gasteiger partial charge in [-0.1, -0.05) is 6.92 Å². The number of anilines is 1. The first-order valence-electron chi connectivity index (χ1n) is 10.3. The van der Waals surface area contributed by atoms with Crippen molar-refractivity contribution in [2.24, 2.45) is 5.92 Å². The van der Waals surface area contributed by atoms with Crippen molar-refractivity contribution in [1.29, 1.82) is 0 Å². The molecule has 186 valence electrons. The lowest BCUT2D eigenvalue weighted by molar-refractivity contribution is 0.0577. The van der Waals surface area contributed by atoms with Crippen molar-refractivity contribution in [3.8, 4) is 5.75 Å². The first-order valence-corrected chi connectivity index (χ1v) is 14.0. The van der Waals surface area contributed by atoms with Crippen LogP contribution in [0, 0.1) is 5.92 Å². The van der Waals surface area contributed by atoms with Gasteiger partial charge in [-0.2, -0.15) is 3.71 Å². The molecule has 11 nitrogen and oxygen atoms in total. The van der Waals surface area contributed by atoms with E-state index < -0.39 is 32.1 Å². The van der Waals surface area contributed by atoms with E-state index in [1.807, 2.05) is 20.8 Å². The smallest absolute Gasteiger partial charge is 0.317 e. The third-order valence-corrected chi connectivity index (χ3v) is 8.29. The van der Waals surface area contributed by atoms with Gasteiger partial charge in [-0.15, -0.1) is 0 Å². The second-order valence-corrected chi connectivity index (χ2v) is 12.6. The van der Waals surface area contributed by atoms with Crippen molar-refractivity contribution in [1.82, 2.24) is 15.1 Å². The lowest BCUT2D eigenvalue weighted by atomic mass is 10.0. The Labute approximate surface area is 195 Å². The standard InChI is InChI=1S/C20H32N4O7S2/c1-13(2)21-20(26)23(5)12-18-14(3)11-22(4)19(25)16-10-15(8-9-17(16)31-18)24(32(6,27)28)33(7,29)30/h8-10,13-14,18H,11-12H2,1-7H3,(H,21,26)/t14-,18-/m0/s1. The minimum Gasteiger partial charge on any atom is -0.487 e. The van der Waals surface area contributed by atoms with Crippen LogP contribution in [0.3, 0.4) is 0 Å².